The molecule has 0 aromatic carbocycles. The minimum absolute atomic E-state index is 0.396. The standard InChI is InChI=1S/C10H11ClN2O/c11-9-5-8(14-7-3-4-7)10(13-12-9)6-1-2-6/h5-7H,1-4H2. The van der Waals surface area contributed by atoms with E-state index >= 15 is 0 Å². The number of hydrogen-bond donors (Lipinski definition) is 0. The summed E-state index contributed by atoms with van der Waals surface area (Å²) in [5.74, 6) is 1.42. The van der Waals surface area contributed by atoms with E-state index in [-0.39, 0.29) is 0 Å². The Labute approximate surface area is 87.4 Å². The summed E-state index contributed by atoms with van der Waals surface area (Å²) in [7, 11) is 0. The first-order valence-corrected chi connectivity index (χ1v) is 5.40. The second-order valence-electron chi connectivity index (χ2n) is 4.01. The van der Waals surface area contributed by atoms with Crippen LogP contribution in [0.15, 0.2) is 6.07 Å². The number of aromatic nitrogens is 2. The molecule has 0 aliphatic heterocycles. The Kier molecular flexibility index (Phi) is 1.87. The highest BCUT2D eigenvalue weighted by Gasteiger charge is 2.32. The molecular formula is C10H11ClN2O. The van der Waals surface area contributed by atoms with Gasteiger partial charge in [0.05, 0.1) is 6.10 Å². The molecule has 0 saturated heterocycles. The van der Waals surface area contributed by atoms with Crippen LogP contribution in [0.3, 0.4) is 0 Å². The molecule has 2 saturated carbocycles. The van der Waals surface area contributed by atoms with Crippen molar-refractivity contribution in [1.82, 2.24) is 10.2 Å². The summed E-state index contributed by atoms with van der Waals surface area (Å²) in [5, 5.41) is 8.40. The van der Waals surface area contributed by atoms with E-state index in [0.29, 0.717) is 17.2 Å². The molecule has 0 atom stereocenters. The molecule has 2 aliphatic rings. The van der Waals surface area contributed by atoms with Crippen LogP contribution in [0.5, 0.6) is 5.75 Å². The molecule has 0 spiro atoms. The Morgan fingerprint density at radius 3 is 2.64 bits per heavy atom. The van der Waals surface area contributed by atoms with Crippen molar-refractivity contribution in [1.29, 1.82) is 0 Å². The molecule has 1 heterocycles. The lowest BCUT2D eigenvalue weighted by Crippen LogP contribution is -2.02. The second kappa shape index (κ2) is 3.09. The van der Waals surface area contributed by atoms with E-state index < -0.39 is 0 Å². The van der Waals surface area contributed by atoms with Crippen molar-refractivity contribution < 1.29 is 4.74 Å². The van der Waals surface area contributed by atoms with E-state index in [4.69, 9.17) is 16.3 Å². The Morgan fingerprint density at radius 1 is 1.21 bits per heavy atom. The Balaban J connectivity index is 1.90. The minimum atomic E-state index is 0.396. The van der Waals surface area contributed by atoms with Crippen LogP contribution in [0.25, 0.3) is 0 Å². The van der Waals surface area contributed by atoms with E-state index in [0.717, 1.165) is 24.3 Å². The van der Waals surface area contributed by atoms with Crippen molar-refractivity contribution in [3.63, 3.8) is 0 Å². The zero-order valence-corrected chi connectivity index (χ0v) is 8.50. The zero-order valence-electron chi connectivity index (χ0n) is 7.74. The predicted molar refractivity (Wildman–Crippen MR) is 52.7 cm³/mol. The molecule has 0 radical (unpaired) electrons. The maximum atomic E-state index is 5.79. The maximum Gasteiger partial charge on any atom is 0.155 e. The largest absolute Gasteiger partial charge is 0.488 e. The topological polar surface area (TPSA) is 35.0 Å². The van der Waals surface area contributed by atoms with Crippen LogP contribution in [0.1, 0.15) is 37.3 Å². The van der Waals surface area contributed by atoms with Crippen molar-refractivity contribution in [3.05, 3.63) is 16.9 Å². The van der Waals surface area contributed by atoms with Crippen molar-refractivity contribution in [2.75, 3.05) is 0 Å². The fraction of sp³-hybridized carbons (Fsp3) is 0.600. The predicted octanol–water partition coefficient (Wildman–Crippen LogP) is 2.55. The summed E-state index contributed by atoms with van der Waals surface area (Å²) in [5.41, 5.74) is 1.00. The van der Waals surface area contributed by atoms with E-state index in [1.807, 2.05) is 0 Å². The van der Waals surface area contributed by atoms with Crippen LogP contribution in [0, 0.1) is 0 Å². The molecule has 1 aromatic heterocycles. The van der Waals surface area contributed by atoms with Gasteiger partial charge in [0.15, 0.2) is 5.15 Å². The first-order chi connectivity index (χ1) is 6.83. The van der Waals surface area contributed by atoms with Crippen LogP contribution < -0.4 is 4.74 Å². The number of rotatable bonds is 3. The van der Waals surface area contributed by atoms with Crippen LogP contribution in [0.4, 0.5) is 0 Å². The van der Waals surface area contributed by atoms with Gasteiger partial charge < -0.3 is 4.74 Å². The van der Waals surface area contributed by atoms with Gasteiger partial charge in [0.25, 0.3) is 0 Å². The van der Waals surface area contributed by atoms with Crippen molar-refractivity contribution >= 4 is 11.6 Å². The molecule has 0 bridgehead atoms. The van der Waals surface area contributed by atoms with Gasteiger partial charge in [-0.1, -0.05) is 11.6 Å². The van der Waals surface area contributed by atoms with Gasteiger partial charge in [0.2, 0.25) is 0 Å². The molecule has 0 unspecified atom stereocenters. The van der Waals surface area contributed by atoms with Crippen LogP contribution in [-0.2, 0) is 0 Å². The maximum absolute atomic E-state index is 5.79. The number of hydrogen-bond acceptors (Lipinski definition) is 3. The molecule has 74 valence electrons. The van der Waals surface area contributed by atoms with Gasteiger partial charge >= 0.3 is 0 Å². The molecular weight excluding hydrogens is 200 g/mol. The van der Waals surface area contributed by atoms with Gasteiger partial charge in [-0.2, -0.15) is 0 Å². The molecule has 3 rings (SSSR count). The lowest BCUT2D eigenvalue weighted by Gasteiger charge is -2.08. The molecule has 1 aromatic rings. The number of nitrogens with zero attached hydrogens (tertiary/aromatic N) is 2. The second-order valence-corrected chi connectivity index (χ2v) is 4.40. The lowest BCUT2D eigenvalue weighted by atomic mass is 10.2. The fourth-order valence-corrected chi connectivity index (χ4v) is 1.60. The van der Waals surface area contributed by atoms with Crippen molar-refractivity contribution in [2.24, 2.45) is 0 Å². The average molecular weight is 211 g/mol. The highest BCUT2D eigenvalue weighted by atomic mass is 35.5. The summed E-state index contributed by atoms with van der Waals surface area (Å²) in [6.07, 6.45) is 5.12. The monoisotopic (exact) mass is 210 g/mol. The molecule has 0 amide bonds. The van der Waals surface area contributed by atoms with Gasteiger partial charge in [-0.3, -0.25) is 0 Å². The van der Waals surface area contributed by atoms with Crippen LogP contribution in [0.2, 0.25) is 5.15 Å². The SMILES string of the molecule is Clc1cc(OC2CC2)c(C2CC2)nn1. The Hall–Kier alpha value is -0.830. The summed E-state index contributed by atoms with van der Waals surface area (Å²) < 4.78 is 5.75. The quantitative estimate of drug-likeness (QED) is 0.769. The van der Waals surface area contributed by atoms with E-state index in [1.165, 1.54) is 12.8 Å². The summed E-state index contributed by atoms with van der Waals surface area (Å²) in [4.78, 5) is 0. The highest BCUT2D eigenvalue weighted by Crippen LogP contribution is 2.44. The Morgan fingerprint density at radius 2 is 2.00 bits per heavy atom. The van der Waals surface area contributed by atoms with Gasteiger partial charge in [0.1, 0.15) is 11.4 Å². The zero-order chi connectivity index (χ0) is 9.54. The van der Waals surface area contributed by atoms with Gasteiger partial charge in [0, 0.05) is 12.0 Å². The molecule has 2 aliphatic carbocycles. The molecule has 0 N–H and O–H groups in total. The molecule has 3 nitrogen and oxygen atoms in total. The first kappa shape index (κ1) is 8.48. The summed E-state index contributed by atoms with van der Waals surface area (Å²) in [6, 6.07) is 1.79. The van der Waals surface area contributed by atoms with Gasteiger partial charge in [-0.15, -0.1) is 10.2 Å². The van der Waals surface area contributed by atoms with Crippen LogP contribution in [-0.4, -0.2) is 16.3 Å². The summed E-state index contributed by atoms with van der Waals surface area (Å²) >= 11 is 5.79. The Bertz CT molecular complexity index is 361. The third-order valence-corrected chi connectivity index (χ3v) is 2.72. The van der Waals surface area contributed by atoms with Crippen molar-refractivity contribution in [2.45, 2.75) is 37.7 Å². The normalized spacial score (nSPS) is 20.9. The lowest BCUT2D eigenvalue weighted by molar-refractivity contribution is 0.297. The third-order valence-electron chi connectivity index (χ3n) is 2.54. The third kappa shape index (κ3) is 1.69. The molecule has 14 heavy (non-hydrogen) atoms. The fourth-order valence-electron chi connectivity index (χ4n) is 1.46. The van der Waals surface area contributed by atoms with Gasteiger partial charge in [-0.05, 0) is 25.7 Å². The smallest absolute Gasteiger partial charge is 0.155 e. The molecule has 4 heteroatoms. The van der Waals surface area contributed by atoms with E-state index in [2.05, 4.69) is 10.2 Å². The van der Waals surface area contributed by atoms with Crippen LogP contribution >= 0.6 is 11.6 Å². The van der Waals surface area contributed by atoms with Crippen molar-refractivity contribution in [3.8, 4) is 5.75 Å². The number of halogens is 1. The minimum Gasteiger partial charge on any atom is -0.488 e. The van der Waals surface area contributed by atoms with E-state index in [1.54, 1.807) is 6.07 Å². The summed E-state index contributed by atoms with van der Waals surface area (Å²) in [6.45, 7) is 0. The van der Waals surface area contributed by atoms with E-state index in [9.17, 15) is 0 Å². The first-order valence-electron chi connectivity index (χ1n) is 5.03. The molecule has 2 fully saturated rings. The highest BCUT2D eigenvalue weighted by molar-refractivity contribution is 6.29. The number of ether oxygens (including phenoxy) is 1. The van der Waals surface area contributed by atoms with Gasteiger partial charge in [-0.25, -0.2) is 0 Å². The average Bonchev–Trinajstić information content (AvgIpc) is 2.99.